The topological polar surface area (TPSA) is 29.3 Å². The Hall–Kier alpha value is -0.0800. The molecule has 0 fully saturated rings. The fourth-order valence-electron chi connectivity index (χ4n) is 2.36. The van der Waals surface area contributed by atoms with Gasteiger partial charge in [-0.25, -0.2) is 0 Å². The van der Waals surface area contributed by atoms with Crippen LogP contribution in [-0.2, 0) is 0 Å². The Kier molecular flexibility index (Phi) is 8.89. The highest BCUT2D eigenvalue weighted by atomic mass is 15.1. The Bertz CT molecular complexity index is 172. The van der Waals surface area contributed by atoms with Gasteiger partial charge in [-0.2, -0.15) is 0 Å². The maximum atomic E-state index is 5.71. The van der Waals surface area contributed by atoms with Crippen LogP contribution in [0.1, 0.15) is 59.8 Å². The third kappa shape index (κ3) is 8.62. The van der Waals surface area contributed by atoms with Crippen LogP contribution in [0, 0.1) is 11.3 Å². The number of nitrogens with zero attached hydrogens (tertiary/aromatic N) is 1. The summed E-state index contributed by atoms with van der Waals surface area (Å²) in [5.41, 5.74) is 6.12. The monoisotopic (exact) mass is 242 g/mol. The van der Waals surface area contributed by atoms with Crippen LogP contribution in [0.2, 0.25) is 0 Å². The van der Waals surface area contributed by atoms with Crippen LogP contribution in [0.25, 0.3) is 0 Å². The van der Waals surface area contributed by atoms with Crippen LogP contribution in [0.3, 0.4) is 0 Å². The summed E-state index contributed by atoms with van der Waals surface area (Å²) < 4.78 is 0. The smallest absolute Gasteiger partial charge is 0.00217 e. The van der Waals surface area contributed by atoms with Gasteiger partial charge in [-0.1, -0.05) is 34.1 Å². The molecule has 0 aromatic rings. The first-order valence-corrected chi connectivity index (χ1v) is 7.30. The highest BCUT2D eigenvalue weighted by molar-refractivity contribution is 4.74. The molecule has 1 atom stereocenters. The largest absolute Gasteiger partial charge is 0.330 e. The Morgan fingerprint density at radius 2 is 1.65 bits per heavy atom. The normalized spacial score (nSPS) is 14.3. The zero-order valence-corrected chi connectivity index (χ0v) is 12.8. The average molecular weight is 242 g/mol. The third-order valence-electron chi connectivity index (χ3n) is 3.73. The average Bonchev–Trinajstić information content (AvgIpc) is 2.23. The molecule has 0 saturated heterocycles. The van der Waals surface area contributed by atoms with Gasteiger partial charge >= 0.3 is 0 Å². The minimum absolute atomic E-state index is 0.404. The molecule has 2 N–H and O–H groups in total. The lowest BCUT2D eigenvalue weighted by Gasteiger charge is -2.31. The molecule has 0 aromatic carbocycles. The third-order valence-corrected chi connectivity index (χ3v) is 3.73. The van der Waals surface area contributed by atoms with E-state index in [1.807, 2.05) is 0 Å². The predicted octanol–water partition coefficient (Wildman–Crippen LogP) is 3.51. The number of rotatable bonds is 9. The van der Waals surface area contributed by atoms with Crippen molar-refractivity contribution in [2.45, 2.75) is 59.8 Å². The van der Waals surface area contributed by atoms with Gasteiger partial charge in [-0.3, -0.25) is 0 Å². The second-order valence-electron chi connectivity index (χ2n) is 6.44. The summed E-state index contributed by atoms with van der Waals surface area (Å²) in [4.78, 5) is 2.46. The molecule has 2 heteroatoms. The van der Waals surface area contributed by atoms with Gasteiger partial charge in [0.1, 0.15) is 0 Å². The summed E-state index contributed by atoms with van der Waals surface area (Å²) in [7, 11) is 2.24. The second-order valence-corrected chi connectivity index (χ2v) is 6.44. The van der Waals surface area contributed by atoms with E-state index in [4.69, 9.17) is 5.73 Å². The summed E-state index contributed by atoms with van der Waals surface area (Å²) in [6, 6.07) is 0. The van der Waals surface area contributed by atoms with Crippen LogP contribution in [0.15, 0.2) is 0 Å². The molecule has 104 valence electrons. The van der Waals surface area contributed by atoms with Crippen LogP contribution >= 0.6 is 0 Å². The Morgan fingerprint density at radius 1 is 1.06 bits per heavy atom. The molecule has 0 aromatic heterocycles. The zero-order chi connectivity index (χ0) is 13.3. The molecule has 0 spiro atoms. The Labute approximate surface area is 109 Å². The first-order chi connectivity index (χ1) is 7.91. The maximum Gasteiger partial charge on any atom is -0.00217 e. The molecular weight excluding hydrogens is 208 g/mol. The van der Waals surface area contributed by atoms with Crippen molar-refractivity contribution in [3.05, 3.63) is 0 Å². The van der Waals surface area contributed by atoms with Gasteiger partial charge in [-0.15, -0.1) is 0 Å². The molecule has 0 aliphatic heterocycles. The minimum atomic E-state index is 0.404. The van der Waals surface area contributed by atoms with Crippen molar-refractivity contribution in [2.75, 3.05) is 26.7 Å². The molecule has 17 heavy (non-hydrogen) atoms. The van der Waals surface area contributed by atoms with Gasteiger partial charge < -0.3 is 10.6 Å². The van der Waals surface area contributed by atoms with Crippen LogP contribution in [-0.4, -0.2) is 31.6 Å². The van der Waals surface area contributed by atoms with E-state index in [2.05, 4.69) is 39.6 Å². The van der Waals surface area contributed by atoms with Gasteiger partial charge in [0.15, 0.2) is 0 Å². The van der Waals surface area contributed by atoms with Crippen molar-refractivity contribution in [1.29, 1.82) is 0 Å². The predicted molar refractivity (Wildman–Crippen MR) is 78.3 cm³/mol. The zero-order valence-electron chi connectivity index (χ0n) is 12.8. The molecule has 0 aliphatic carbocycles. The summed E-state index contributed by atoms with van der Waals surface area (Å²) in [5.74, 6) is 0.770. The van der Waals surface area contributed by atoms with Crippen molar-refractivity contribution >= 4 is 0 Å². The van der Waals surface area contributed by atoms with Gasteiger partial charge in [0.2, 0.25) is 0 Å². The second kappa shape index (κ2) is 8.93. The van der Waals surface area contributed by atoms with E-state index in [1.54, 1.807) is 0 Å². The molecule has 0 saturated carbocycles. The molecule has 2 nitrogen and oxygen atoms in total. The fraction of sp³-hybridized carbons (Fsp3) is 1.00. The van der Waals surface area contributed by atoms with Crippen LogP contribution in [0.5, 0.6) is 0 Å². The van der Waals surface area contributed by atoms with E-state index in [0.717, 1.165) is 12.5 Å². The molecular formula is C15H34N2. The highest BCUT2D eigenvalue weighted by Crippen LogP contribution is 2.32. The highest BCUT2D eigenvalue weighted by Gasteiger charge is 2.23. The number of hydrogen-bond donors (Lipinski definition) is 1. The van der Waals surface area contributed by atoms with Crippen molar-refractivity contribution in [3.63, 3.8) is 0 Å². The van der Waals surface area contributed by atoms with Crippen molar-refractivity contribution < 1.29 is 0 Å². The van der Waals surface area contributed by atoms with Crippen LogP contribution in [0.4, 0.5) is 0 Å². The van der Waals surface area contributed by atoms with Crippen molar-refractivity contribution in [3.8, 4) is 0 Å². The fourth-order valence-corrected chi connectivity index (χ4v) is 2.36. The molecule has 0 amide bonds. The van der Waals surface area contributed by atoms with E-state index in [9.17, 15) is 0 Å². The lowest BCUT2D eigenvalue weighted by atomic mass is 9.76. The molecule has 1 unspecified atom stereocenters. The summed E-state index contributed by atoms with van der Waals surface area (Å²) in [6.07, 6.45) is 6.41. The number of nitrogens with two attached hydrogens (primary N) is 1. The number of unbranched alkanes of at least 4 members (excludes halogenated alkanes) is 1. The first kappa shape index (κ1) is 16.9. The van der Waals surface area contributed by atoms with Crippen LogP contribution < -0.4 is 5.73 Å². The summed E-state index contributed by atoms with van der Waals surface area (Å²) >= 11 is 0. The molecule has 0 heterocycles. The van der Waals surface area contributed by atoms with E-state index >= 15 is 0 Å². The number of hydrogen-bond acceptors (Lipinski definition) is 2. The Balaban J connectivity index is 3.82. The van der Waals surface area contributed by atoms with E-state index < -0.39 is 0 Å². The molecule has 0 rings (SSSR count). The van der Waals surface area contributed by atoms with Crippen molar-refractivity contribution in [1.82, 2.24) is 4.90 Å². The van der Waals surface area contributed by atoms with Gasteiger partial charge in [0.25, 0.3) is 0 Å². The summed E-state index contributed by atoms with van der Waals surface area (Å²) in [6.45, 7) is 12.6. The van der Waals surface area contributed by atoms with E-state index in [0.29, 0.717) is 5.41 Å². The quantitative estimate of drug-likeness (QED) is 0.670. The molecule has 0 radical (unpaired) electrons. The standard InChI is InChI=1S/C15H34N2/c1-6-7-12-17(5)13-8-9-14(10-11-16)15(2,3)4/h14H,6-13,16H2,1-5H3. The molecule has 0 aliphatic rings. The SMILES string of the molecule is CCCCN(C)CCCC(CCN)C(C)(C)C. The van der Waals surface area contributed by atoms with E-state index in [1.165, 1.54) is 45.2 Å². The summed E-state index contributed by atoms with van der Waals surface area (Å²) in [5, 5.41) is 0. The minimum Gasteiger partial charge on any atom is -0.330 e. The van der Waals surface area contributed by atoms with Gasteiger partial charge in [0, 0.05) is 0 Å². The van der Waals surface area contributed by atoms with Gasteiger partial charge in [0.05, 0.1) is 0 Å². The first-order valence-electron chi connectivity index (χ1n) is 7.30. The Morgan fingerprint density at radius 3 is 2.12 bits per heavy atom. The lowest BCUT2D eigenvalue weighted by Crippen LogP contribution is -2.26. The maximum absolute atomic E-state index is 5.71. The lowest BCUT2D eigenvalue weighted by molar-refractivity contribution is 0.200. The van der Waals surface area contributed by atoms with Gasteiger partial charge in [-0.05, 0) is 63.7 Å². The van der Waals surface area contributed by atoms with E-state index in [-0.39, 0.29) is 0 Å². The van der Waals surface area contributed by atoms with Crippen molar-refractivity contribution in [2.24, 2.45) is 17.1 Å². The molecule has 0 bridgehead atoms.